The molecule has 1 saturated carbocycles. The molecule has 178 valence electrons. The summed E-state index contributed by atoms with van der Waals surface area (Å²) >= 11 is 0. The van der Waals surface area contributed by atoms with E-state index in [1.54, 1.807) is 0 Å². The Labute approximate surface area is 202 Å². The number of unbranched alkanes of at least 4 members (excludes halogenated alkanes) is 1. The lowest BCUT2D eigenvalue weighted by Crippen LogP contribution is -2.16. The van der Waals surface area contributed by atoms with E-state index in [1.807, 2.05) is 12.1 Å². The van der Waals surface area contributed by atoms with E-state index in [-0.39, 0.29) is 0 Å². The van der Waals surface area contributed by atoms with E-state index in [0.717, 1.165) is 72.6 Å². The van der Waals surface area contributed by atoms with Gasteiger partial charge in [0.1, 0.15) is 11.3 Å². The number of pyridine rings is 1. The van der Waals surface area contributed by atoms with E-state index >= 15 is 0 Å². The summed E-state index contributed by atoms with van der Waals surface area (Å²) in [7, 11) is 0. The lowest BCUT2D eigenvalue weighted by Gasteiger charge is -2.17. The molecule has 0 bridgehead atoms. The summed E-state index contributed by atoms with van der Waals surface area (Å²) in [4.78, 5) is 9.64. The van der Waals surface area contributed by atoms with Crippen LogP contribution in [0.1, 0.15) is 67.1 Å². The molecule has 0 unspecified atom stereocenters. The van der Waals surface area contributed by atoms with Crippen LogP contribution >= 0.6 is 0 Å². The van der Waals surface area contributed by atoms with Crippen LogP contribution in [0.15, 0.2) is 36.4 Å². The molecule has 1 aliphatic carbocycles. The molecule has 2 aromatic heterocycles. The van der Waals surface area contributed by atoms with E-state index in [1.165, 1.54) is 41.5 Å². The molecule has 1 aliphatic rings. The molecule has 3 N–H and O–H groups in total. The standard InChI is InChI=1S/C29H37N5/c1-4-5-10-26-33-27-28(23-8-6-7-9-25(23)32-29(27)30)34(26)18-24-19(2)15-22(16-20(24)3)17-31-14-13-21-11-12-21/h6-9,15-16,21,31H,4-5,10-14,17-18H2,1-3H3,(H2,30,32). The highest BCUT2D eigenvalue weighted by Gasteiger charge is 2.20. The number of nitrogens with zero attached hydrogens (tertiary/aromatic N) is 3. The molecule has 0 spiro atoms. The lowest BCUT2D eigenvalue weighted by atomic mass is 9.98. The number of para-hydroxylation sites is 1. The molecule has 2 heterocycles. The molecule has 5 heteroatoms. The van der Waals surface area contributed by atoms with Crippen molar-refractivity contribution < 1.29 is 0 Å². The van der Waals surface area contributed by atoms with Gasteiger partial charge in [-0.25, -0.2) is 9.97 Å². The minimum absolute atomic E-state index is 0.520. The zero-order valence-electron chi connectivity index (χ0n) is 20.8. The highest BCUT2D eigenvalue weighted by molar-refractivity contribution is 6.06. The van der Waals surface area contributed by atoms with Gasteiger partial charge in [-0.2, -0.15) is 0 Å². The van der Waals surface area contributed by atoms with Gasteiger partial charge in [-0.15, -0.1) is 0 Å². The van der Waals surface area contributed by atoms with Gasteiger partial charge < -0.3 is 15.6 Å². The van der Waals surface area contributed by atoms with E-state index in [0.29, 0.717) is 5.82 Å². The minimum atomic E-state index is 0.520. The topological polar surface area (TPSA) is 68.8 Å². The summed E-state index contributed by atoms with van der Waals surface area (Å²) in [6.07, 6.45) is 7.36. The van der Waals surface area contributed by atoms with Gasteiger partial charge in [0.25, 0.3) is 0 Å². The number of nitrogens with two attached hydrogens (primary N) is 1. The van der Waals surface area contributed by atoms with Crippen LogP contribution in [0.2, 0.25) is 0 Å². The highest BCUT2D eigenvalue weighted by atomic mass is 15.1. The molecule has 0 atom stereocenters. The van der Waals surface area contributed by atoms with Crippen LogP contribution in [0.25, 0.3) is 21.9 Å². The van der Waals surface area contributed by atoms with Crippen LogP contribution in [0.3, 0.4) is 0 Å². The molecular weight excluding hydrogens is 418 g/mol. The van der Waals surface area contributed by atoms with Crippen molar-refractivity contribution in [2.24, 2.45) is 5.92 Å². The van der Waals surface area contributed by atoms with Crippen molar-refractivity contribution in [3.63, 3.8) is 0 Å². The Morgan fingerprint density at radius 1 is 1.09 bits per heavy atom. The molecule has 2 aromatic carbocycles. The van der Waals surface area contributed by atoms with E-state index in [4.69, 9.17) is 10.7 Å². The third kappa shape index (κ3) is 4.67. The average molecular weight is 456 g/mol. The van der Waals surface area contributed by atoms with Gasteiger partial charge in [-0.3, -0.25) is 0 Å². The number of aromatic nitrogens is 3. The SMILES string of the molecule is CCCCc1nc2c(N)nc3ccccc3c2n1Cc1c(C)cc(CNCCC2CC2)cc1C. The number of fused-ring (bicyclic) bond motifs is 3. The van der Waals surface area contributed by atoms with Crippen LogP contribution in [0.5, 0.6) is 0 Å². The van der Waals surface area contributed by atoms with Crippen molar-refractivity contribution >= 4 is 27.8 Å². The van der Waals surface area contributed by atoms with Crippen molar-refractivity contribution in [2.45, 2.75) is 72.4 Å². The summed E-state index contributed by atoms with van der Waals surface area (Å²) in [6, 6.07) is 13.0. The molecule has 0 saturated heterocycles. The van der Waals surface area contributed by atoms with Crippen molar-refractivity contribution in [3.8, 4) is 0 Å². The molecule has 0 aliphatic heterocycles. The normalized spacial score (nSPS) is 13.9. The number of nitrogens with one attached hydrogen (secondary N) is 1. The predicted molar refractivity (Wildman–Crippen MR) is 142 cm³/mol. The molecule has 0 amide bonds. The number of aryl methyl sites for hydroxylation is 3. The summed E-state index contributed by atoms with van der Waals surface area (Å²) in [5, 5.41) is 4.76. The number of anilines is 1. The van der Waals surface area contributed by atoms with Gasteiger partial charge in [-0.1, -0.05) is 56.5 Å². The van der Waals surface area contributed by atoms with Crippen molar-refractivity contribution in [1.29, 1.82) is 0 Å². The van der Waals surface area contributed by atoms with Gasteiger partial charge in [0.05, 0.1) is 11.0 Å². The van der Waals surface area contributed by atoms with Crippen LogP contribution in [-0.4, -0.2) is 21.1 Å². The third-order valence-corrected chi connectivity index (χ3v) is 7.27. The quantitative estimate of drug-likeness (QED) is 0.285. The van der Waals surface area contributed by atoms with E-state index in [2.05, 4.69) is 59.9 Å². The molecular formula is C29H37N5. The van der Waals surface area contributed by atoms with E-state index < -0.39 is 0 Å². The maximum Gasteiger partial charge on any atom is 0.152 e. The first kappa shape index (κ1) is 22.9. The van der Waals surface area contributed by atoms with Gasteiger partial charge >= 0.3 is 0 Å². The van der Waals surface area contributed by atoms with Crippen molar-refractivity contribution in [2.75, 3.05) is 12.3 Å². The minimum Gasteiger partial charge on any atom is -0.382 e. The Hall–Kier alpha value is -2.92. The van der Waals surface area contributed by atoms with Gasteiger partial charge in [0.15, 0.2) is 5.82 Å². The summed E-state index contributed by atoms with van der Waals surface area (Å²) in [5.41, 5.74) is 14.7. The smallest absolute Gasteiger partial charge is 0.152 e. The first-order chi connectivity index (χ1) is 16.5. The Morgan fingerprint density at radius 3 is 2.59 bits per heavy atom. The summed E-state index contributed by atoms with van der Waals surface area (Å²) in [6.45, 7) is 9.58. The van der Waals surface area contributed by atoms with Crippen molar-refractivity contribution in [3.05, 3.63) is 64.5 Å². The fourth-order valence-corrected chi connectivity index (χ4v) is 5.14. The Kier molecular flexibility index (Phi) is 6.55. The van der Waals surface area contributed by atoms with E-state index in [9.17, 15) is 0 Å². The zero-order valence-corrected chi connectivity index (χ0v) is 20.8. The average Bonchev–Trinajstić information content (AvgIpc) is 3.57. The lowest BCUT2D eigenvalue weighted by molar-refractivity contribution is 0.612. The number of imidazole rings is 1. The number of hydrogen-bond donors (Lipinski definition) is 2. The van der Waals surface area contributed by atoms with Gasteiger partial charge in [0.2, 0.25) is 0 Å². The summed E-state index contributed by atoms with van der Waals surface area (Å²) < 4.78 is 2.40. The van der Waals surface area contributed by atoms with Gasteiger partial charge in [0, 0.05) is 24.9 Å². The highest BCUT2D eigenvalue weighted by Crippen LogP contribution is 2.32. The molecule has 1 fully saturated rings. The summed E-state index contributed by atoms with van der Waals surface area (Å²) in [5.74, 6) is 2.60. The molecule has 4 aromatic rings. The van der Waals surface area contributed by atoms with Crippen LogP contribution in [0.4, 0.5) is 5.82 Å². The largest absolute Gasteiger partial charge is 0.382 e. The second kappa shape index (κ2) is 9.75. The Bertz CT molecular complexity index is 1290. The number of rotatable bonds is 10. The second-order valence-electron chi connectivity index (χ2n) is 10.0. The van der Waals surface area contributed by atoms with Crippen LogP contribution < -0.4 is 11.1 Å². The van der Waals surface area contributed by atoms with Crippen molar-refractivity contribution in [1.82, 2.24) is 19.9 Å². The molecule has 5 nitrogen and oxygen atoms in total. The second-order valence-corrected chi connectivity index (χ2v) is 10.0. The fourth-order valence-electron chi connectivity index (χ4n) is 5.14. The molecule has 0 radical (unpaired) electrons. The number of nitrogen functional groups attached to an aromatic ring is 1. The number of hydrogen-bond acceptors (Lipinski definition) is 4. The number of benzene rings is 2. The maximum atomic E-state index is 6.39. The predicted octanol–water partition coefficient (Wildman–Crippen LogP) is 6.06. The molecule has 5 rings (SSSR count). The van der Waals surface area contributed by atoms with Crippen LogP contribution in [0, 0.1) is 19.8 Å². The fraction of sp³-hybridized carbons (Fsp3) is 0.448. The third-order valence-electron chi connectivity index (χ3n) is 7.27. The first-order valence-electron chi connectivity index (χ1n) is 12.9. The zero-order chi connectivity index (χ0) is 23.7. The van der Waals surface area contributed by atoms with Gasteiger partial charge in [-0.05, 0) is 67.5 Å². The first-order valence-corrected chi connectivity index (χ1v) is 12.9. The monoisotopic (exact) mass is 455 g/mol. The maximum absolute atomic E-state index is 6.39. The van der Waals surface area contributed by atoms with Crippen LogP contribution in [-0.2, 0) is 19.5 Å². The Morgan fingerprint density at radius 2 is 1.85 bits per heavy atom. The molecule has 34 heavy (non-hydrogen) atoms. The Balaban J connectivity index is 1.50.